The summed E-state index contributed by atoms with van der Waals surface area (Å²) in [6, 6.07) is 13.7. The van der Waals surface area contributed by atoms with Gasteiger partial charge in [0.2, 0.25) is 5.91 Å². The Kier molecular flexibility index (Phi) is 6.57. The molecule has 3 aromatic rings. The van der Waals surface area contributed by atoms with Gasteiger partial charge in [0, 0.05) is 28.8 Å². The first-order chi connectivity index (χ1) is 14.9. The van der Waals surface area contributed by atoms with E-state index >= 15 is 0 Å². The molecule has 10 heteroatoms. The van der Waals surface area contributed by atoms with Crippen LogP contribution in [0, 0.1) is 0 Å². The van der Waals surface area contributed by atoms with Gasteiger partial charge in [0.05, 0.1) is 10.9 Å². The zero-order valence-electron chi connectivity index (χ0n) is 16.5. The van der Waals surface area contributed by atoms with Gasteiger partial charge in [0.15, 0.2) is 5.13 Å². The quantitative estimate of drug-likeness (QED) is 0.519. The number of carbonyl (C=O) groups is 1. The molecular formula is C21H21ClN4O3S2. The molecule has 1 fully saturated rings. The second-order valence-corrected chi connectivity index (χ2v) is 10.1. The molecule has 4 rings (SSSR count). The maximum atomic E-state index is 12.8. The van der Waals surface area contributed by atoms with Crippen molar-refractivity contribution >= 4 is 49.7 Å². The van der Waals surface area contributed by atoms with Crippen LogP contribution in [0.4, 0.5) is 10.8 Å². The van der Waals surface area contributed by atoms with Crippen LogP contribution in [0.1, 0.15) is 12.0 Å². The lowest BCUT2D eigenvalue weighted by atomic mass is 10.1. The molecule has 1 aliphatic rings. The van der Waals surface area contributed by atoms with Crippen LogP contribution in [-0.2, 0) is 21.2 Å². The number of halogens is 1. The van der Waals surface area contributed by atoms with Crippen LogP contribution in [0.15, 0.2) is 65.0 Å². The van der Waals surface area contributed by atoms with Crippen molar-refractivity contribution in [1.29, 1.82) is 0 Å². The molecule has 162 valence electrons. The van der Waals surface area contributed by atoms with Crippen molar-refractivity contribution in [3.8, 4) is 0 Å². The number of nitrogens with one attached hydrogen (secondary N) is 2. The molecule has 0 saturated carbocycles. The van der Waals surface area contributed by atoms with Gasteiger partial charge in [-0.1, -0.05) is 23.7 Å². The molecular weight excluding hydrogens is 456 g/mol. The molecule has 1 aliphatic heterocycles. The van der Waals surface area contributed by atoms with Crippen molar-refractivity contribution < 1.29 is 13.2 Å². The molecule has 2 heterocycles. The minimum Gasteiger partial charge on any atom is -0.311 e. The maximum Gasteiger partial charge on any atom is 0.263 e. The van der Waals surface area contributed by atoms with E-state index in [-0.39, 0.29) is 16.8 Å². The molecule has 1 atom stereocenters. The number of hydrogen-bond acceptors (Lipinski definition) is 6. The van der Waals surface area contributed by atoms with E-state index in [9.17, 15) is 13.2 Å². The Morgan fingerprint density at radius 2 is 1.87 bits per heavy atom. The van der Waals surface area contributed by atoms with Gasteiger partial charge in [0.25, 0.3) is 10.0 Å². The van der Waals surface area contributed by atoms with Gasteiger partial charge in [-0.2, -0.15) is 0 Å². The number of aromatic nitrogens is 1. The topological polar surface area (TPSA) is 91.4 Å². The van der Waals surface area contributed by atoms with Gasteiger partial charge in [0.1, 0.15) is 0 Å². The largest absolute Gasteiger partial charge is 0.311 e. The first-order valence-corrected chi connectivity index (χ1v) is 12.5. The van der Waals surface area contributed by atoms with E-state index in [0.717, 1.165) is 12.0 Å². The van der Waals surface area contributed by atoms with Crippen molar-refractivity contribution in [1.82, 2.24) is 10.3 Å². The second-order valence-electron chi connectivity index (χ2n) is 7.10. The Morgan fingerprint density at radius 3 is 2.55 bits per heavy atom. The average molecular weight is 477 g/mol. The first-order valence-electron chi connectivity index (χ1n) is 9.74. The van der Waals surface area contributed by atoms with Crippen molar-refractivity contribution in [2.45, 2.75) is 23.8 Å². The SMILES string of the molecule is O=C1[C@@H](NCCc2ccc(Cl)cc2)CCN1c1ccc(S(=O)(=O)Nc2nccs2)cc1. The Balaban J connectivity index is 1.34. The van der Waals surface area contributed by atoms with Gasteiger partial charge in [-0.15, -0.1) is 11.3 Å². The molecule has 1 saturated heterocycles. The third-order valence-electron chi connectivity index (χ3n) is 5.04. The summed E-state index contributed by atoms with van der Waals surface area (Å²) >= 11 is 7.11. The van der Waals surface area contributed by atoms with E-state index in [1.807, 2.05) is 24.3 Å². The Hall–Kier alpha value is -2.46. The molecule has 0 radical (unpaired) electrons. The number of rotatable bonds is 8. The molecule has 31 heavy (non-hydrogen) atoms. The van der Waals surface area contributed by atoms with E-state index in [0.29, 0.717) is 35.4 Å². The summed E-state index contributed by atoms with van der Waals surface area (Å²) < 4.78 is 27.4. The number of benzene rings is 2. The van der Waals surface area contributed by atoms with Crippen molar-refractivity contribution in [3.05, 3.63) is 70.7 Å². The van der Waals surface area contributed by atoms with Gasteiger partial charge in [-0.25, -0.2) is 13.4 Å². The van der Waals surface area contributed by atoms with Gasteiger partial charge >= 0.3 is 0 Å². The number of hydrogen-bond donors (Lipinski definition) is 2. The number of carbonyl (C=O) groups excluding carboxylic acids is 1. The summed E-state index contributed by atoms with van der Waals surface area (Å²) in [5.74, 6) is -0.00683. The molecule has 2 N–H and O–H groups in total. The minimum atomic E-state index is -3.72. The predicted octanol–water partition coefficient (Wildman–Crippen LogP) is 3.53. The fourth-order valence-corrected chi connectivity index (χ4v) is 5.34. The van der Waals surface area contributed by atoms with Crippen LogP contribution >= 0.6 is 22.9 Å². The first kappa shape index (κ1) is 21.8. The van der Waals surface area contributed by atoms with Crippen molar-refractivity contribution in [2.75, 3.05) is 22.7 Å². The average Bonchev–Trinajstić information content (AvgIpc) is 3.39. The van der Waals surface area contributed by atoms with Crippen LogP contribution in [0.3, 0.4) is 0 Å². The van der Waals surface area contributed by atoms with Gasteiger partial charge in [-0.3, -0.25) is 9.52 Å². The number of nitrogens with zero attached hydrogens (tertiary/aromatic N) is 2. The lowest BCUT2D eigenvalue weighted by Crippen LogP contribution is -2.39. The van der Waals surface area contributed by atoms with Crippen molar-refractivity contribution in [2.24, 2.45) is 0 Å². The number of thiazole rings is 1. The van der Waals surface area contributed by atoms with E-state index in [2.05, 4.69) is 15.0 Å². The highest BCUT2D eigenvalue weighted by atomic mass is 35.5. The molecule has 0 unspecified atom stereocenters. The molecule has 2 aromatic carbocycles. The minimum absolute atomic E-state index is 0.00683. The molecule has 1 amide bonds. The van der Waals surface area contributed by atoms with Crippen LogP contribution in [-0.4, -0.2) is 38.4 Å². The van der Waals surface area contributed by atoms with Crippen LogP contribution in [0.5, 0.6) is 0 Å². The standard InChI is InChI=1S/C21H21ClN4O3S2/c22-16-3-1-15(2-4-16)9-11-23-19-10-13-26(20(19)27)17-5-7-18(8-6-17)31(28,29)25-21-24-12-14-30-21/h1-8,12,14,19,23H,9-11,13H2,(H,24,25)/t19-/m0/s1. The summed E-state index contributed by atoms with van der Waals surface area (Å²) in [5.41, 5.74) is 1.84. The highest BCUT2D eigenvalue weighted by molar-refractivity contribution is 7.93. The summed E-state index contributed by atoms with van der Waals surface area (Å²) in [6.07, 6.45) is 3.04. The monoisotopic (exact) mass is 476 g/mol. The maximum absolute atomic E-state index is 12.8. The summed E-state index contributed by atoms with van der Waals surface area (Å²) in [5, 5.41) is 6.03. The third-order valence-corrected chi connectivity index (χ3v) is 7.46. The number of anilines is 2. The fourth-order valence-electron chi connectivity index (χ4n) is 3.42. The highest BCUT2D eigenvalue weighted by Gasteiger charge is 2.32. The van der Waals surface area contributed by atoms with E-state index in [1.54, 1.807) is 22.4 Å². The molecule has 0 spiro atoms. The number of sulfonamides is 1. The molecule has 0 bridgehead atoms. The van der Waals surface area contributed by atoms with Crippen molar-refractivity contribution in [3.63, 3.8) is 0 Å². The Morgan fingerprint density at radius 1 is 1.13 bits per heavy atom. The van der Waals surface area contributed by atoms with Crippen LogP contribution in [0.2, 0.25) is 5.02 Å². The van der Waals surface area contributed by atoms with Crippen LogP contribution < -0.4 is 14.9 Å². The highest BCUT2D eigenvalue weighted by Crippen LogP contribution is 2.25. The predicted molar refractivity (Wildman–Crippen MR) is 123 cm³/mol. The zero-order valence-corrected chi connectivity index (χ0v) is 18.9. The van der Waals surface area contributed by atoms with Gasteiger partial charge in [-0.05, 0) is 61.3 Å². The van der Waals surface area contributed by atoms with E-state index in [1.165, 1.54) is 29.7 Å². The number of amides is 1. The van der Waals surface area contributed by atoms with Gasteiger partial charge < -0.3 is 10.2 Å². The lowest BCUT2D eigenvalue weighted by Gasteiger charge is -2.18. The smallest absolute Gasteiger partial charge is 0.263 e. The van der Waals surface area contributed by atoms with E-state index in [4.69, 9.17) is 11.6 Å². The normalized spacial score (nSPS) is 16.6. The Bertz CT molecular complexity index is 1130. The zero-order chi connectivity index (χ0) is 21.8. The molecule has 1 aromatic heterocycles. The summed E-state index contributed by atoms with van der Waals surface area (Å²) in [6.45, 7) is 1.27. The molecule has 7 nitrogen and oxygen atoms in total. The third kappa shape index (κ3) is 5.24. The second kappa shape index (κ2) is 9.35. The lowest BCUT2D eigenvalue weighted by molar-refractivity contribution is -0.118. The summed E-state index contributed by atoms with van der Waals surface area (Å²) in [7, 11) is -3.72. The summed E-state index contributed by atoms with van der Waals surface area (Å²) in [4.78, 5) is 18.5. The Labute approximate surface area is 190 Å². The fraction of sp³-hybridized carbons (Fsp3) is 0.238. The van der Waals surface area contributed by atoms with E-state index < -0.39 is 10.0 Å². The molecule has 0 aliphatic carbocycles. The van der Waals surface area contributed by atoms with Crippen LogP contribution in [0.25, 0.3) is 0 Å².